The van der Waals surface area contributed by atoms with Crippen LogP contribution in [0, 0.1) is 0 Å². The Balaban J connectivity index is 1.42. The number of aromatic nitrogens is 1. The highest BCUT2D eigenvalue weighted by atomic mass is 32.1. The minimum absolute atomic E-state index is 0.0961. The molecule has 136 valence electrons. The Morgan fingerprint density at radius 2 is 1.96 bits per heavy atom. The first-order valence-corrected chi connectivity index (χ1v) is 9.68. The van der Waals surface area contributed by atoms with Crippen molar-refractivity contribution < 1.29 is 14.7 Å². The van der Waals surface area contributed by atoms with E-state index in [1.807, 2.05) is 24.3 Å². The number of benzene rings is 2. The van der Waals surface area contributed by atoms with Crippen LogP contribution < -0.4 is 10.2 Å². The molecular weight excluding hydrogens is 362 g/mol. The van der Waals surface area contributed by atoms with Crippen LogP contribution in [0.4, 0.5) is 10.8 Å². The van der Waals surface area contributed by atoms with Gasteiger partial charge in [-0.2, -0.15) is 0 Å². The minimum Gasteiger partial charge on any atom is -0.478 e. The fourth-order valence-corrected chi connectivity index (χ4v) is 5.19. The highest BCUT2D eigenvalue weighted by Gasteiger charge is 2.48. The molecule has 2 aromatic carbocycles. The molecule has 1 aromatic heterocycles. The van der Waals surface area contributed by atoms with Crippen molar-refractivity contribution in [3.63, 3.8) is 0 Å². The third-order valence-corrected chi connectivity index (χ3v) is 6.72. The molecule has 3 aromatic rings. The van der Waals surface area contributed by atoms with Crippen LogP contribution >= 0.6 is 11.3 Å². The van der Waals surface area contributed by atoms with Crippen molar-refractivity contribution in [1.82, 2.24) is 4.98 Å². The van der Waals surface area contributed by atoms with Crippen molar-refractivity contribution in [2.45, 2.75) is 18.3 Å². The molecule has 0 radical (unpaired) electrons. The quantitative estimate of drug-likeness (QED) is 0.712. The van der Waals surface area contributed by atoms with Gasteiger partial charge in [0, 0.05) is 18.8 Å². The topological polar surface area (TPSA) is 82.5 Å². The summed E-state index contributed by atoms with van der Waals surface area (Å²) in [5.41, 5.74) is 2.67. The van der Waals surface area contributed by atoms with Gasteiger partial charge in [-0.15, -0.1) is 0 Å². The summed E-state index contributed by atoms with van der Waals surface area (Å²) >= 11 is 1.50. The maximum Gasteiger partial charge on any atom is 0.335 e. The van der Waals surface area contributed by atoms with Gasteiger partial charge in [0.05, 0.1) is 21.2 Å². The Bertz CT molecular complexity index is 1080. The number of hydrogen-bond acceptors (Lipinski definition) is 5. The predicted octanol–water partition coefficient (Wildman–Crippen LogP) is 3.48. The van der Waals surface area contributed by atoms with Crippen molar-refractivity contribution in [2.24, 2.45) is 0 Å². The van der Waals surface area contributed by atoms with Gasteiger partial charge in [-0.25, -0.2) is 9.78 Å². The molecule has 3 heterocycles. The summed E-state index contributed by atoms with van der Waals surface area (Å²) in [6, 6.07) is 12.9. The van der Waals surface area contributed by atoms with Crippen molar-refractivity contribution in [3.05, 3.63) is 53.6 Å². The Hall–Kier alpha value is -2.93. The number of carboxylic acids is 1. The Kier molecular flexibility index (Phi) is 3.48. The van der Waals surface area contributed by atoms with Gasteiger partial charge in [-0.3, -0.25) is 4.79 Å². The molecule has 2 N–H and O–H groups in total. The molecule has 0 saturated carbocycles. The van der Waals surface area contributed by atoms with Gasteiger partial charge in [0.15, 0.2) is 5.13 Å². The summed E-state index contributed by atoms with van der Waals surface area (Å²) < 4.78 is 0.870. The van der Waals surface area contributed by atoms with Gasteiger partial charge in [0.1, 0.15) is 0 Å². The van der Waals surface area contributed by atoms with Crippen LogP contribution in [-0.2, 0) is 10.2 Å². The van der Waals surface area contributed by atoms with Gasteiger partial charge in [0.25, 0.3) is 0 Å². The normalized spacial score (nSPS) is 17.9. The van der Waals surface area contributed by atoms with Gasteiger partial charge < -0.3 is 15.3 Å². The largest absolute Gasteiger partial charge is 0.478 e. The second-order valence-corrected chi connectivity index (χ2v) is 8.06. The monoisotopic (exact) mass is 379 g/mol. The fraction of sp³-hybridized carbons (Fsp3) is 0.250. The molecular formula is C20H17N3O3S. The fourth-order valence-electron chi connectivity index (χ4n) is 4.13. The molecule has 7 heteroatoms. The molecule has 0 atom stereocenters. The van der Waals surface area contributed by atoms with E-state index in [-0.39, 0.29) is 11.5 Å². The number of nitrogens with zero attached hydrogens (tertiary/aromatic N) is 2. The lowest BCUT2D eigenvalue weighted by atomic mass is 9.74. The van der Waals surface area contributed by atoms with Crippen LogP contribution in [0.15, 0.2) is 42.5 Å². The first-order valence-electron chi connectivity index (χ1n) is 8.87. The maximum atomic E-state index is 12.7. The van der Waals surface area contributed by atoms with E-state index in [1.54, 1.807) is 18.2 Å². The zero-order chi connectivity index (χ0) is 18.6. The summed E-state index contributed by atoms with van der Waals surface area (Å²) in [6.07, 6.45) is 1.48. The number of rotatable bonds is 2. The molecule has 1 fully saturated rings. The zero-order valence-corrected chi connectivity index (χ0v) is 15.3. The third kappa shape index (κ3) is 2.42. The first kappa shape index (κ1) is 16.3. The van der Waals surface area contributed by atoms with Crippen molar-refractivity contribution in [2.75, 3.05) is 23.3 Å². The van der Waals surface area contributed by atoms with Crippen LogP contribution in [0.3, 0.4) is 0 Å². The van der Waals surface area contributed by atoms with Gasteiger partial charge in [-0.05, 0) is 42.7 Å². The number of amides is 1. The van der Waals surface area contributed by atoms with E-state index in [9.17, 15) is 9.59 Å². The lowest BCUT2D eigenvalue weighted by Crippen LogP contribution is -2.46. The number of thiazole rings is 1. The molecule has 1 amide bonds. The number of para-hydroxylation sites is 1. The minimum atomic E-state index is -0.933. The number of hydrogen-bond donors (Lipinski definition) is 2. The lowest BCUT2D eigenvalue weighted by Gasteiger charge is -2.37. The Morgan fingerprint density at radius 1 is 1.19 bits per heavy atom. The van der Waals surface area contributed by atoms with Crippen molar-refractivity contribution in [3.8, 4) is 0 Å². The number of fused-ring (bicyclic) bond motifs is 3. The van der Waals surface area contributed by atoms with Crippen LogP contribution in [0.5, 0.6) is 0 Å². The average Bonchev–Trinajstić information content (AvgIpc) is 3.22. The number of carbonyl (C=O) groups is 2. The highest BCUT2D eigenvalue weighted by molar-refractivity contribution is 7.22. The van der Waals surface area contributed by atoms with E-state index in [0.717, 1.165) is 52.5 Å². The number of anilines is 2. The smallest absolute Gasteiger partial charge is 0.335 e. The summed E-state index contributed by atoms with van der Waals surface area (Å²) in [7, 11) is 0. The summed E-state index contributed by atoms with van der Waals surface area (Å²) in [5.74, 6) is -0.837. The molecule has 1 spiro atoms. The zero-order valence-electron chi connectivity index (χ0n) is 14.4. The summed E-state index contributed by atoms with van der Waals surface area (Å²) in [4.78, 5) is 30.7. The molecule has 5 rings (SSSR count). The predicted molar refractivity (Wildman–Crippen MR) is 105 cm³/mol. The van der Waals surface area contributed by atoms with E-state index < -0.39 is 11.4 Å². The Labute approximate surface area is 159 Å². The van der Waals surface area contributed by atoms with E-state index in [0.29, 0.717) is 0 Å². The second kappa shape index (κ2) is 5.79. The molecule has 0 aliphatic carbocycles. The molecule has 1 saturated heterocycles. The molecule has 0 unspecified atom stereocenters. The van der Waals surface area contributed by atoms with E-state index in [2.05, 4.69) is 15.2 Å². The number of aromatic carboxylic acids is 1. The SMILES string of the molecule is O=C(O)c1ccc2nc(N3CCC4(CC3)C(=O)Nc3ccccc34)sc2c1. The van der Waals surface area contributed by atoms with E-state index in [1.165, 1.54) is 11.3 Å². The second-order valence-electron chi connectivity index (χ2n) is 7.05. The number of carbonyl (C=O) groups excluding carboxylic acids is 1. The van der Waals surface area contributed by atoms with Crippen LogP contribution in [0.25, 0.3) is 10.2 Å². The number of piperidine rings is 1. The molecule has 27 heavy (non-hydrogen) atoms. The molecule has 2 aliphatic heterocycles. The third-order valence-electron chi connectivity index (χ3n) is 5.64. The standard InChI is InChI=1S/C20H17N3O3S/c24-17(25)12-5-6-15-16(11-12)27-19(22-15)23-9-7-20(8-10-23)13-3-1-2-4-14(13)21-18(20)26/h1-6,11H,7-10H2,(H,21,26)(H,24,25). The van der Waals surface area contributed by atoms with Gasteiger partial charge in [-0.1, -0.05) is 29.5 Å². The van der Waals surface area contributed by atoms with Gasteiger partial charge >= 0.3 is 5.97 Å². The van der Waals surface area contributed by atoms with E-state index in [4.69, 9.17) is 5.11 Å². The number of carboxylic acid groups (broad SMARTS) is 1. The highest BCUT2D eigenvalue weighted by Crippen LogP contribution is 2.45. The first-order chi connectivity index (χ1) is 13.1. The lowest BCUT2D eigenvalue weighted by molar-refractivity contribution is -0.121. The average molecular weight is 379 g/mol. The maximum absolute atomic E-state index is 12.7. The van der Waals surface area contributed by atoms with Crippen LogP contribution in [0.2, 0.25) is 0 Å². The summed E-state index contributed by atoms with van der Waals surface area (Å²) in [5, 5.41) is 13.1. The van der Waals surface area contributed by atoms with Crippen LogP contribution in [-0.4, -0.2) is 35.1 Å². The summed E-state index contributed by atoms with van der Waals surface area (Å²) in [6.45, 7) is 1.49. The Morgan fingerprint density at radius 3 is 2.74 bits per heavy atom. The van der Waals surface area contributed by atoms with Crippen LogP contribution in [0.1, 0.15) is 28.8 Å². The van der Waals surface area contributed by atoms with E-state index >= 15 is 0 Å². The molecule has 0 bridgehead atoms. The van der Waals surface area contributed by atoms with Crippen molar-refractivity contribution in [1.29, 1.82) is 0 Å². The van der Waals surface area contributed by atoms with Crippen molar-refractivity contribution >= 4 is 44.2 Å². The molecule has 6 nitrogen and oxygen atoms in total. The number of nitrogens with one attached hydrogen (secondary N) is 1. The molecule has 2 aliphatic rings. The van der Waals surface area contributed by atoms with Gasteiger partial charge in [0.2, 0.25) is 5.91 Å².